The summed E-state index contributed by atoms with van der Waals surface area (Å²) in [6.07, 6.45) is 0. The fourth-order valence-corrected chi connectivity index (χ4v) is 2.79. The van der Waals surface area contributed by atoms with Crippen LogP contribution in [0.25, 0.3) is 0 Å². The van der Waals surface area contributed by atoms with Crippen LogP contribution in [-0.2, 0) is 6.54 Å². The number of hydrogen-bond acceptors (Lipinski definition) is 2. The van der Waals surface area contributed by atoms with E-state index in [9.17, 15) is 0 Å². The third kappa shape index (κ3) is 6.06. The summed E-state index contributed by atoms with van der Waals surface area (Å²) < 4.78 is 5.50. The number of hydrogen-bond donors (Lipinski definition) is 0. The summed E-state index contributed by atoms with van der Waals surface area (Å²) in [4.78, 5) is 2.23. The molecule has 0 fully saturated rings. The van der Waals surface area contributed by atoms with Gasteiger partial charge in [0, 0.05) is 23.2 Å². The molecule has 0 unspecified atom stereocenters. The van der Waals surface area contributed by atoms with Gasteiger partial charge in [-0.15, -0.1) is 0 Å². The maximum absolute atomic E-state index is 5.50. The Hall–Kier alpha value is -3.46. The monoisotopic (exact) mass is 365 g/mol. The van der Waals surface area contributed by atoms with Crippen LogP contribution in [0.15, 0.2) is 84.9 Å². The number of benzene rings is 3. The molecule has 138 valence electrons. The van der Waals surface area contributed by atoms with Gasteiger partial charge in [0.25, 0.3) is 0 Å². The zero-order valence-electron chi connectivity index (χ0n) is 16.1. The van der Waals surface area contributed by atoms with Crippen LogP contribution in [0.1, 0.15) is 16.7 Å². The summed E-state index contributed by atoms with van der Waals surface area (Å²) in [6, 6.07) is 28.2. The van der Waals surface area contributed by atoms with Crippen molar-refractivity contribution in [3.05, 3.63) is 102 Å². The van der Waals surface area contributed by atoms with E-state index in [0.29, 0.717) is 13.1 Å². The van der Waals surface area contributed by atoms with Gasteiger partial charge in [0.1, 0.15) is 5.75 Å². The van der Waals surface area contributed by atoms with Crippen molar-refractivity contribution < 1.29 is 4.74 Å². The van der Waals surface area contributed by atoms with E-state index in [-0.39, 0.29) is 0 Å². The molecule has 0 aliphatic heterocycles. The minimum Gasteiger partial charge on any atom is -0.496 e. The Morgan fingerprint density at radius 1 is 0.679 bits per heavy atom. The average Bonchev–Trinajstić information content (AvgIpc) is 2.75. The Labute approximate surface area is 167 Å². The van der Waals surface area contributed by atoms with Crippen molar-refractivity contribution in [2.45, 2.75) is 6.54 Å². The molecule has 0 heterocycles. The number of rotatable bonds is 5. The van der Waals surface area contributed by atoms with Crippen LogP contribution in [-0.4, -0.2) is 25.1 Å². The van der Waals surface area contributed by atoms with Crippen molar-refractivity contribution in [1.29, 1.82) is 0 Å². The molecule has 28 heavy (non-hydrogen) atoms. The van der Waals surface area contributed by atoms with Gasteiger partial charge in [0.15, 0.2) is 0 Å². The lowest BCUT2D eigenvalue weighted by molar-refractivity contribution is 0.326. The minimum absolute atomic E-state index is 0.635. The van der Waals surface area contributed by atoms with Gasteiger partial charge in [0.05, 0.1) is 20.2 Å². The van der Waals surface area contributed by atoms with Crippen molar-refractivity contribution in [2.75, 3.05) is 20.2 Å². The Balaban J connectivity index is 1.73. The van der Waals surface area contributed by atoms with Gasteiger partial charge in [-0.05, 0) is 30.3 Å². The molecule has 0 bridgehead atoms. The van der Waals surface area contributed by atoms with Crippen LogP contribution in [0.5, 0.6) is 5.75 Å². The fraction of sp³-hybridized carbons (Fsp3) is 0.154. The lowest BCUT2D eigenvalue weighted by atomic mass is 10.2. The summed E-state index contributed by atoms with van der Waals surface area (Å²) in [5.41, 5.74) is 3.18. The van der Waals surface area contributed by atoms with Gasteiger partial charge < -0.3 is 4.74 Å². The molecule has 3 aromatic rings. The molecule has 0 N–H and O–H groups in total. The normalized spacial score (nSPS) is 9.79. The highest BCUT2D eigenvalue weighted by Gasteiger charge is 2.07. The summed E-state index contributed by atoms with van der Waals surface area (Å²) in [5.74, 6) is 13.9. The van der Waals surface area contributed by atoms with E-state index in [0.717, 1.165) is 29.0 Å². The highest BCUT2D eigenvalue weighted by Crippen LogP contribution is 2.19. The minimum atomic E-state index is 0.635. The largest absolute Gasteiger partial charge is 0.496 e. The summed E-state index contributed by atoms with van der Waals surface area (Å²) in [6.45, 7) is 2.00. The van der Waals surface area contributed by atoms with Crippen molar-refractivity contribution in [3.63, 3.8) is 0 Å². The van der Waals surface area contributed by atoms with E-state index in [1.54, 1.807) is 7.11 Å². The Morgan fingerprint density at radius 3 is 1.71 bits per heavy atom. The second-order valence-corrected chi connectivity index (χ2v) is 6.29. The fourth-order valence-electron chi connectivity index (χ4n) is 2.79. The highest BCUT2D eigenvalue weighted by atomic mass is 16.5. The summed E-state index contributed by atoms with van der Waals surface area (Å²) in [7, 11) is 1.70. The first-order chi connectivity index (χ1) is 13.8. The number of nitrogens with zero attached hydrogens (tertiary/aromatic N) is 1. The van der Waals surface area contributed by atoms with E-state index in [1.165, 1.54) is 0 Å². The number of ether oxygens (including phenoxy) is 1. The van der Waals surface area contributed by atoms with Gasteiger partial charge in [-0.25, -0.2) is 0 Å². The van der Waals surface area contributed by atoms with Crippen molar-refractivity contribution in [1.82, 2.24) is 4.90 Å². The van der Waals surface area contributed by atoms with Gasteiger partial charge in [-0.1, -0.05) is 78.3 Å². The molecule has 0 aromatic heterocycles. The van der Waals surface area contributed by atoms with Gasteiger partial charge >= 0.3 is 0 Å². The molecule has 0 saturated heterocycles. The molecule has 3 rings (SSSR count). The molecule has 3 aromatic carbocycles. The molecule has 0 amide bonds. The van der Waals surface area contributed by atoms with Crippen LogP contribution in [0.4, 0.5) is 0 Å². The molecular formula is C26H23NO. The third-order valence-corrected chi connectivity index (χ3v) is 4.20. The maximum atomic E-state index is 5.50. The van der Waals surface area contributed by atoms with Crippen LogP contribution in [0.2, 0.25) is 0 Å². The summed E-state index contributed by atoms with van der Waals surface area (Å²) >= 11 is 0. The molecular weight excluding hydrogens is 342 g/mol. The smallest absolute Gasteiger partial charge is 0.123 e. The van der Waals surface area contributed by atoms with E-state index in [2.05, 4.69) is 34.6 Å². The molecule has 0 spiro atoms. The lowest BCUT2D eigenvalue weighted by Crippen LogP contribution is -2.24. The van der Waals surface area contributed by atoms with Crippen molar-refractivity contribution in [2.24, 2.45) is 0 Å². The molecule has 0 aliphatic rings. The van der Waals surface area contributed by atoms with Crippen molar-refractivity contribution in [3.8, 4) is 29.4 Å². The second-order valence-electron chi connectivity index (χ2n) is 6.29. The van der Waals surface area contributed by atoms with Crippen LogP contribution >= 0.6 is 0 Å². The van der Waals surface area contributed by atoms with Crippen LogP contribution in [0.3, 0.4) is 0 Å². The van der Waals surface area contributed by atoms with Gasteiger partial charge in [0.2, 0.25) is 0 Å². The van der Waals surface area contributed by atoms with Gasteiger partial charge in [-0.3, -0.25) is 4.90 Å². The number of methoxy groups -OCH3 is 1. The Bertz CT molecular complexity index is 929. The average molecular weight is 365 g/mol. The van der Waals surface area contributed by atoms with Crippen LogP contribution < -0.4 is 4.74 Å². The molecule has 2 nitrogen and oxygen atoms in total. The molecule has 0 atom stereocenters. The van der Waals surface area contributed by atoms with E-state index in [1.807, 2.05) is 78.9 Å². The first kappa shape index (κ1) is 19.3. The van der Waals surface area contributed by atoms with Crippen molar-refractivity contribution >= 4 is 0 Å². The third-order valence-electron chi connectivity index (χ3n) is 4.20. The first-order valence-electron chi connectivity index (χ1n) is 9.27. The Morgan fingerprint density at radius 2 is 1.18 bits per heavy atom. The summed E-state index contributed by atoms with van der Waals surface area (Å²) in [5, 5.41) is 0. The topological polar surface area (TPSA) is 12.5 Å². The molecule has 0 radical (unpaired) electrons. The zero-order chi connectivity index (χ0) is 19.4. The SMILES string of the molecule is COc1ccccc1CN(CC#Cc1ccccc1)CC#Cc1ccccc1. The lowest BCUT2D eigenvalue weighted by Gasteiger charge is -2.18. The van der Waals surface area contributed by atoms with E-state index in [4.69, 9.17) is 4.74 Å². The molecule has 0 saturated carbocycles. The number of para-hydroxylation sites is 1. The second kappa shape index (κ2) is 10.6. The first-order valence-corrected chi connectivity index (χ1v) is 9.27. The molecule has 0 aliphatic carbocycles. The van der Waals surface area contributed by atoms with Crippen LogP contribution in [0, 0.1) is 23.7 Å². The standard InChI is InChI=1S/C26H23NO/c1-28-26-19-9-8-18-25(26)22-27(20-10-16-23-12-4-2-5-13-23)21-11-17-24-14-6-3-7-15-24/h2-9,12-15,18-19H,20-22H2,1H3. The quantitative estimate of drug-likeness (QED) is 0.613. The molecule has 2 heteroatoms. The predicted molar refractivity (Wildman–Crippen MR) is 115 cm³/mol. The highest BCUT2D eigenvalue weighted by molar-refractivity contribution is 5.36. The van der Waals surface area contributed by atoms with Gasteiger partial charge in [-0.2, -0.15) is 0 Å². The predicted octanol–water partition coefficient (Wildman–Crippen LogP) is 4.60. The Kier molecular flexibility index (Phi) is 7.33. The van der Waals surface area contributed by atoms with E-state index >= 15 is 0 Å². The van der Waals surface area contributed by atoms with E-state index < -0.39 is 0 Å². The maximum Gasteiger partial charge on any atom is 0.123 e. The zero-order valence-corrected chi connectivity index (χ0v) is 16.1.